The molecule has 0 fully saturated rings. The summed E-state index contributed by atoms with van der Waals surface area (Å²) >= 11 is 9.22. The summed E-state index contributed by atoms with van der Waals surface area (Å²) in [6.45, 7) is 0.166. The van der Waals surface area contributed by atoms with Crippen molar-refractivity contribution in [2.45, 2.75) is 11.9 Å². The van der Waals surface area contributed by atoms with Gasteiger partial charge in [0.25, 0.3) is 0 Å². The maximum atomic E-state index is 13.0. The maximum absolute atomic E-state index is 13.0. The van der Waals surface area contributed by atoms with Crippen molar-refractivity contribution in [3.05, 3.63) is 64.2 Å². The average Bonchev–Trinajstić information content (AvgIpc) is 2.41. The summed E-state index contributed by atoms with van der Waals surface area (Å²) in [5.74, 6) is -1.08. The van der Waals surface area contributed by atoms with Gasteiger partial charge < -0.3 is 4.74 Å². The van der Waals surface area contributed by atoms with Gasteiger partial charge in [0.05, 0.1) is 0 Å². The second-order valence-electron chi connectivity index (χ2n) is 3.92. The van der Waals surface area contributed by atoms with E-state index in [1.54, 1.807) is 18.2 Å². The molecule has 0 saturated heterocycles. The molecule has 0 spiro atoms. The molecule has 0 saturated carbocycles. The number of rotatable bonds is 4. The molecule has 0 bridgehead atoms. The van der Waals surface area contributed by atoms with Crippen LogP contribution in [0.1, 0.15) is 11.1 Å². The molecule has 0 aliphatic carbocycles. The minimum atomic E-state index is -0.877. The molecule has 100 valence electrons. The van der Waals surface area contributed by atoms with E-state index in [4.69, 9.17) is 16.3 Å². The van der Waals surface area contributed by atoms with E-state index in [2.05, 4.69) is 15.9 Å². The fraction of sp³-hybridized carbons (Fsp3) is 0.143. The Bertz CT molecular complexity index is 590. The molecule has 0 unspecified atom stereocenters. The van der Waals surface area contributed by atoms with Gasteiger partial charge in [-0.05, 0) is 35.9 Å². The summed E-state index contributed by atoms with van der Waals surface area (Å²) in [7, 11) is 0. The maximum Gasteiger partial charge on any atom is 0.159 e. The highest BCUT2D eigenvalue weighted by Gasteiger charge is 2.06. The van der Waals surface area contributed by atoms with E-state index in [0.717, 1.165) is 17.7 Å². The molecule has 1 nitrogen and oxygen atoms in total. The molecular formula is C14H10BrClF2O. The number of alkyl halides is 1. The second-order valence-corrected chi connectivity index (χ2v) is 4.92. The predicted molar refractivity (Wildman–Crippen MR) is 74.8 cm³/mol. The lowest BCUT2D eigenvalue weighted by atomic mass is 10.2. The zero-order valence-electron chi connectivity index (χ0n) is 9.80. The first kappa shape index (κ1) is 14.3. The molecule has 0 aliphatic rings. The topological polar surface area (TPSA) is 9.23 Å². The zero-order valence-corrected chi connectivity index (χ0v) is 12.1. The molecule has 0 aromatic heterocycles. The summed E-state index contributed by atoms with van der Waals surface area (Å²) in [5, 5.41) is 1.22. The highest BCUT2D eigenvalue weighted by molar-refractivity contribution is 9.08. The monoisotopic (exact) mass is 346 g/mol. The van der Waals surface area contributed by atoms with Gasteiger partial charge in [-0.15, -0.1) is 0 Å². The Morgan fingerprint density at radius 2 is 1.84 bits per heavy atom. The van der Waals surface area contributed by atoms with Crippen LogP contribution in [-0.2, 0) is 11.9 Å². The Hall–Kier alpha value is -1.13. The molecule has 0 amide bonds. The van der Waals surface area contributed by atoms with Crippen LogP contribution in [0.15, 0.2) is 36.4 Å². The van der Waals surface area contributed by atoms with Crippen LogP contribution >= 0.6 is 27.5 Å². The van der Waals surface area contributed by atoms with Crippen LogP contribution in [0.25, 0.3) is 0 Å². The van der Waals surface area contributed by atoms with E-state index < -0.39 is 11.6 Å². The average molecular weight is 348 g/mol. The Morgan fingerprint density at radius 3 is 2.53 bits per heavy atom. The van der Waals surface area contributed by atoms with E-state index in [1.807, 2.05) is 0 Å². The molecule has 0 radical (unpaired) electrons. The number of benzene rings is 2. The first-order valence-electron chi connectivity index (χ1n) is 5.51. The number of hydrogen-bond acceptors (Lipinski definition) is 1. The lowest BCUT2D eigenvalue weighted by Crippen LogP contribution is -1.99. The molecule has 0 aliphatic heterocycles. The molecule has 5 heteroatoms. The van der Waals surface area contributed by atoms with Gasteiger partial charge in [-0.2, -0.15) is 0 Å². The van der Waals surface area contributed by atoms with E-state index in [-0.39, 0.29) is 6.61 Å². The van der Waals surface area contributed by atoms with Crippen LogP contribution in [0, 0.1) is 11.6 Å². The molecule has 2 aromatic rings. The Labute approximate surface area is 123 Å². The standard InChI is InChI=1S/C14H10BrClF2O/c15-7-10-6-11(16)2-4-14(10)19-8-9-1-3-12(17)13(18)5-9/h1-6H,7-8H2. The molecule has 2 aromatic carbocycles. The lowest BCUT2D eigenvalue weighted by Gasteiger charge is -2.10. The van der Waals surface area contributed by atoms with Gasteiger partial charge in [0.2, 0.25) is 0 Å². The summed E-state index contributed by atoms with van der Waals surface area (Å²) in [6, 6.07) is 8.95. The van der Waals surface area contributed by atoms with Crippen LogP contribution in [0.2, 0.25) is 5.02 Å². The van der Waals surface area contributed by atoms with Crippen LogP contribution in [0.3, 0.4) is 0 Å². The van der Waals surface area contributed by atoms with Gasteiger partial charge in [-0.3, -0.25) is 0 Å². The van der Waals surface area contributed by atoms with Crippen molar-refractivity contribution in [3.8, 4) is 5.75 Å². The summed E-state index contributed by atoms with van der Waals surface area (Å²) in [4.78, 5) is 0. The highest BCUT2D eigenvalue weighted by Crippen LogP contribution is 2.25. The number of ether oxygens (including phenoxy) is 1. The third-order valence-corrected chi connectivity index (χ3v) is 3.38. The SMILES string of the molecule is Fc1ccc(COc2ccc(Cl)cc2CBr)cc1F. The fourth-order valence-electron chi connectivity index (χ4n) is 1.58. The zero-order chi connectivity index (χ0) is 13.8. The normalized spacial score (nSPS) is 10.5. The van der Waals surface area contributed by atoms with Crippen LogP contribution in [-0.4, -0.2) is 0 Å². The van der Waals surface area contributed by atoms with Crippen LogP contribution < -0.4 is 4.74 Å². The largest absolute Gasteiger partial charge is 0.489 e. The van der Waals surface area contributed by atoms with Crippen molar-refractivity contribution >= 4 is 27.5 Å². The molecular weight excluding hydrogens is 338 g/mol. The van der Waals surface area contributed by atoms with Gasteiger partial charge in [0.15, 0.2) is 11.6 Å². The first-order chi connectivity index (χ1) is 9.10. The molecule has 0 atom stereocenters. The minimum absolute atomic E-state index is 0.166. The fourth-order valence-corrected chi connectivity index (χ4v) is 2.22. The second kappa shape index (κ2) is 6.35. The van der Waals surface area contributed by atoms with Gasteiger partial charge in [-0.25, -0.2) is 8.78 Å². The highest BCUT2D eigenvalue weighted by atomic mass is 79.9. The smallest absolute Gasteiger partial charge is 0.159 e. The third-order valence-electron chi connectivity index (χ3n) is 2.54. The summed E-state index contributed by atoms with van der Waals surface area (Å²) in [6.07, 6.45) is 0. The Kier molecular flexibility index (Phi) is 4.77. The number of halogens is 4. The van der Waals surface area contributed by atoms with E-state index in [0.29, 0.717) is 21.7 Å². The Balaban J connectivity index is 2.12. The predicted octanol–water partition coefficient (Wildman–Crippen LogP) is 5.09. The van der Waals surface area contributed by atoms with Gasteiger partial charge >= 0.3 is 0 Å². The van der Waals surface area contributed by atoms with Gasteiger partial charge in [-0.1, -0.05) is 33.6 Å². The van der Waals surface area contributed by atoms with Gasteiger partial charge in [0.1, 0.15) is 12.4 Å². The van der Waals surface area contributed by atoms with E-state index in [9.17, 15) is 8.78 Å². The molecule has 2 rings (SSSR count). The van der Waals surface area contributed by atoms with Crippen LogP contribution in [0.5, 0.6) is 5.75 Å². The van der Waals surface area contributed by atoms with E-state index in [1.165, 1.54) is 6.07 Å². The van der Waals surface area contributed by atoms with Crippen molar-refractivity contribution in [3.63, 3.8) is 0 Å². The van der Waals surface area contributed by atoms with Crippen molar-refractivity contribution in [1.82, 2.24) is 0 Å². The van der Waals surface area contributed by atoms with Crippen molar-refractivity contribution < 1.29 is 13.5 Å². The van der Waals surface area contributed by atoms with Crippen molar-refractivity contribution in [2.75, 3.05) is 0 Å². The van der Waals surface area contributed by atoms with Crippen molar-refractivity contribution in [2.24, 2.45) is 0 Å². The van der Waals surface area contributed by atoms with Crippen molar-refractivity contribution in [1.29, 1.82) is 0 Å². The molecule has 0 N–H and O–H groups in total. The molecule has 0 heterocycles. The Morgan fingerprint density at radius 1 is 1.05 bits per heavy atom. The third kappa shape index (κ3) is 3.67. The summed E-state index contributed by atoms with van der Waals surface area (Å²) in [5.41, 5.74) is 1.46. The quantitative estimate of drug-likeness (QED) is 0.700. The van der Waals surface area contributed by atoms with Crippen LogP contribution in [0.4, 0.5) is 8.78 Å². The number of hydrogen-bond donors (Lipinski definition) is 0. The first-order valence-corrected chi connectivity index (χ1v) is 7.01. The van der Waals surface area contributed by atoms with E-state index >= 15 is 0 Å². The van der Waals surface area contributed by atoms with Gasteiger partial charge in [0, 0.05) is 15.9 Å². The molecule has 19 heavy (non-hydrogen) atoms. The lowest BCUT2D eigenvalue weighted by molar-refractivity contribution is 0.303. The summed E-state index contributed by atoms with van der Waals surface area (Å²) < 4.78 is 31.4. The minimum Gasteiger partial charge on any atom is -0.489 e.